The summed E-state index contributed by atoms with van der Waals surface area (Å²) >= 11 is 0. The van der Waals surface area contributed by atoms with Crippen LogP contribution in [0.5, 0.6) is 11.5 Å². The Morgan fingerprint density at radius 3 is 2.50 bits per heavy atom. The zero-order chi connectivity index (χ0) is 10.9. The Morgan fingerprint density at radius 2 is 2.07 bits per heavy atom. The van der Waals surface area contributed by atoms with Gasteiger partial charge in [-0.05, 0) is 25.5 Å². The minimum absolute atomic E-state index is 0.188. The van der Waals surface area contributed by atoms with E-state index in [1.54, 1.807) is 6.92 Å². The monoisotopic (exact) mass is 200 g/mol. The normalized spacial score (nSPS) is 12.6. The summed E-state index contributed by atoms with van der Waals surface area (Å²) in [4.78, 5) is 0. The quantitative estimate of drug-likeness (QED) is 0.766. The number of phenolic OH excluding ortho intramolecular Hbond substituents is 1. The van der Waals surface area contributed by atoms with E-state index in [0.717, 1.165) is 0 Å². The number of phenols is 1. The Labute approximate surface area is 81.8 Å². The maximum Gasteiger partial charge on any atom is 0.196 e. The van der Waals surface area contributed by atoms with E-state index in [9.17, 15) is 14.6 Å². The predicted octanol–water partition coefficient (Wildman–Crippen LogP) is 1.90. The van der Waals surface area contributed by atoms with E-state index in [2.05, 4.69) is 4.74 Å². The molecule has 0 bridgehead atoms. The molecule has 3 nitrogen and oxygen atoms in total. The van der Waals surface area contributed by atoms with Crippen LogP contribution in [0.3, 0.4) is 0 Å². The van der Waals surface area contributed by atoms with Crippen LogP contribution in [0.25, 0.3) is 0 Å². The minimum Gasteiger partial charge on any atom is -0.504 e. The Kier molecular flexibility index (Phi) is 2.96. The molecular weight excluding hydrogens is 187 g/mol. The largest absolute Gasteiger partial charge is 0.504 e. The summed E-state index contributed by atoms with van der Waals surface area (Å²) in [7, 11) is 1.28. The third-order valence-corrected chi connectivity index (χ3v) is 2.16. The van der Waals surface area contributed by atoms with Gasteiger partial charge in [0.05, 0.1) is 13.2 Å². The molecule has 0 aliphatic heterocycles. The van der Waals surface area contributed by atoms with E-state index in [1.807, 2.05) is 0 Å². The van der Waals surface area contributed by atoms with Crippen molar-refractivity contribution in [3.63, 3.8) is 0 Å². The van der Waals surface area contributed by atoms with Gasteiger partial charge in [0.1, 0.15) is 0 Å². The van der Waals surface area contributed by atoms with E-state index in [0.29, 0.717) is 11.1 Å². The number of hydrogen-bond donors (Lipinski definition) is 2. The number of rotatable bonds is 2. The van der Waals surface area contributed by atoms with Crippen molar-refractivity contribution >= 4 is 0 Å². The highest BCUT2D eigenvalue weighted by Gasteiger charge is 2.17. The van der Waals surface area contributed by atoms with Gasteiger partial charge < -0.3 is 14.9 Å². The second-order valence-corrected chi connectivity index (χ2v) is 3.13. The van der Waals surface area contributed by atoms with Gasteiger partial charge in [0.15, 0.2) is 17.3 Å². The molecule has 1 rings (SSSR count). The minimum atomic E-state index is -0.818. The first kappa shape index (κ1) is 10.8. The lowest BCUT2D eigenvalue weighted by molar-refractivity contribution is 0.197. The highest BCUT2D eigenvalue weighted by Crippen LogP contribution is 2.36. The number of aliphatic hydroxyl groups excluding tert-OH is 1. The van der Waals surface area contributed by atoms with Crippen molar-refractivity contribution < 1.29 is 19.3 Å². The molecule has 0 radical (unpaired) electrons. The maximum atomic E-state index is 13.3. The average molecular weight is 200 g/mol. The molecule has 4 heteroatoms. The lowest BCUT2D eigenvalue weighted by Gasteiger charge is -2.13. The summed E-state index contributed by atoms with van der Waals surface area (Å²) in [5.74, 6) is -1.12. The van der Waals surface area contributed by atoms with Gasteiger partial charge in [0.25, 0.3) is 0 Å². The van der Waals surface area contributed by atoms with Gasteiger partial charge in [-0.2, -0.15) is 0 Å². The van der Waals surface area contributed by atoms with Gasteiger partial charge in [0, 0.05) is 5.56 Å². The number of aromatic hydroxyl groups is 1. The highest BCUT2D eigenvalue weighted by molar-refractivity contribution is 5.50. The molecule has 0 aromatic heterocycles. The molecule has 1 unspecified atom stereocenters. The first-order valence-electron chi connectivity index (χ1n) is 4.23. The molecule has 0 saturated carbocycles. The van der Waals surface area contributed by atoms with Crippen LogP contribution in [0.15, 0.2) is 6.07 Å². The zero-order valence-corrected chi connectivity index (χ0v) is 8.34. The van der Waals surface area contributed by atoms with Crippen molar-refractivity contribution in [2.45, 2.75) is 20.0 Å². The molecule has 0 heterocycles. The van der Waals surface area contributed by atoms with Gasteiger partial charge in [-0.1, -0.05) is 0 Å². The molecule has 0 fully saturated rings. The molecule has 78 valence electrons. The molecule has 1 aromatic rings. The summed E-state index contributed by atoms with van der Waals surface area (Å²) in [6.45, 7) is 3.10. The standard InChI is InChI=1S/C10H13FO3/c1-5-7(6(2)12)4-8(11)10(14-3)9(5)13/h4,6,12-13H,1-3H3. The van der Waals surface area contributed by atoms with Crippen molar-refractivity contribution in [2.24, 2.45) is 0 Å². The lowest BCUT2D eigenvalue weighted by atomic mass is 10.0. The Morgan fingerprint density at radius 1 is 1.50 bits per heavy atom. The number of hydrogen-bond acceptors (Lipinski definition) is 3. The Balaban J connectivity index is 3.40. The summed E-state index contributed by atoms with van der Waals surface area (Å²) < 4.78 is 17.9. The van der Waals surface area contributed by atoms with Gasteiger partial charge in [0.2, 0.25) is 0 Å². The van der Waals surface area contributed by atoms with Crippen LogP contribution < -0.4 is 4.74 Å². The molecule has 1 aromatic carbocycles. The van der Waals surface area contributed by atoms with Crippen LogP contribution in [0.1, 0.15) is 24.2 Å². The van der Waals surface area contributed by atoms with Crippen LogP contribution in [0.4, 0.5) is 4.39 Å². The lowest BCUT2D eigenvalue weighted by Crippen LogP contribution is -1.99. The molecule has 0 aliphatic carbocycles. The topological polar surface area (TPSA) is 49.7 Å². The Hall–Kier alpha value is -1.29. The third-order valence-electron chi connectivity index (χ3n) is 2.16. The first-order valence-corrected chi connectivity index (χ1v) is 4.23. The maximum absolute atomic E-state index is 13.3. The SMILES string of the molecule is COc1c(F)cc(C(C)O)c(C)c1O. The second-order valence-electron chi connectivity index (χ2n) is 3.13. The smallest absolute Gasteiger partial charge is 0.196 e. The summed E-state index contributed by atoms with van der Waals surface area (Å²) in [5.41, 5.74) is 0.791. The number of methoxy groups -OCH3 is 1. The fourth-order valence-corrected chi connectivity index (χ4v) is 1.36. The Bertz CT molecular complexity index is 348. The number of halogens is 1. The van der Waals surface area contributed by atoms with Crippen molar-refractivity contribution in [2.75, 3.05) is 7.11 Å². The fourth-order valence-electron chi connectivity index (χ4n) is 1.36. The van der Waals surface area contributed by atoms with Crippen molar-refractivity contribution in [1.82, 2.24) is 0 Å². The van der Waals surface area contributed by atoms with Crippen LogP contribution in [0.2, 0.25) is 0 Å². The average Bonchev–Trinajstić information content (AvgIpc) is 2.12. The molecule has 2 N–H and O–H groups in total. The van der Waals surface area contributed by atoms with E-state index in [4.69, 9.17) is 0 Å². The molecular formula is C10H13FO3. The van der Waals surface area contributed by atoms with Gasteiger partial charge in [-0.15, -0.1) is 0 Å². The molecule has 0 spiro atoms. The predicted molar refractivity (Wildman–Crippen MR) is 50.0 cm³/mol. The second kappa shape index (κ2) is 3.84. The van der Waals surface area contributed by atoms with Crippen LogP contribution >= 0.6 is 0 Å². The van der Waals surface area contributed by atoms with E-state index >= 15 is 0 Å². The summed E-state index contributed by atoms with van der Waals surface area (Å²) in [6, 6.07) is 1.17. The molecule has 0 amide bonds. The summed E-state index contributed by atoms with van der Waals surface area (Å²) in [5, 5.41) is 18.8. The van der Waals surface area contributed by atoms with Gasteiger partial charge in [-0.25, -0.2) is 4.39 Å². The third kappa shape index (κ3) is 1.65. The van der Waals surface area contributed by atoms with Crippen molar-refractivity contribution in [3.05, 3.63) is 23.0 Å². The van der Waals surface area contributed by atoms with Crippen LogP contribution in [0, 0.1) is 12.7 Å². The van der Waals surface area contributed by atoms with Crippen LogP contribution in [-0.4, -0.2) is 17.3 Å². The number of benzene rings is 1. The van der Waals surface area contributed by atoms with Crippen molar-refractivity contribution in [3.8, 4) is 11.5 Å². The van der Waals surface area contributed by atoms with Gasteiger partial charge in [-0.3, -0.25) is 0 Å². The molecule has 1 atom stereocenters. The number of ether oxygens (including phenoxy) is 1. The van der Waals surface area contributed by atoms with Crippen molar-refractivity contribution in [1.29, 1.82) is 0 Å². The van der Waals surface area contributed by atoms with E-state index in [1.165, 1.54) is 20.1 Å². The fraction of sp³-hybridized carbons (Fsp3) is 0.400. The van der Waals surface area contributed by atoms with E-state index < -0.39 is 11.9 Å². The molecule has 0 aliphatic rings. The highest BCUT2D eigenvalue weighted by atomic mass is 19.1. The van der Waals surface area contributed by atoms with E-state index in [-0.39, 0.29) is 11.5 Å². The van der Waals surface area contributed by atoms with Crippen LogP contribution in [-0.2, 0) is 0 Å². The first-order chi connectivity index (χ1) is 6.49. The van der Waals surface area contributed by atoms with Gasteiger partial charge >= 0.3 is 0 Å². The summed E-state index contributed by atoms with van der Waals surface area (Å²) in [6.07, 6.45) is -0.818. The zero-order valence-electron chi connectivity index (χ0n) is 8.34. The molecule has 14 heavy (non-hydrogen) atoms. The molecule has 0 saturated heterocycles. The number of aliphatic hydroxyl groups is 1.